The number of amides is 1. The van der Waals surface area contributed by atoms with Crippen molar-refractivity contribution in [3.63, 3.8) is 0 Å². The van der Waals surface area contributed by atoms with Crippen LogP contribution in [0.15, 0.2) is 53.3 Å². The molecule has 0 saturated heterocycles. The van der Waals surface area contributed by atoms with Gasteiger partial charge in [0.1, 0.15) is 0 Å². The second kappa shape index (κ2) is 7.11. The van der Waals surface area contributed by atoms with E-state index in [1.54, 1.807) is 24.7 Å². The SMILES string of the molecule is CNC(=O)CCc1c(-c2cccc(Cl)c2)n(C)c(=O)c2ccccc12. The van der Waals surface area contributed by atoms with Crippen LogP contribution in [0.4, 0.5) is 0 Å². The summed E-state index contributed by atoms with van der Waals surface area (Å²) in [6, 6.07) is 15.0. The molecular formula is C20H19ClN2O2. The standard InChI is InChI=1S/C20H19ClN2O2/c1-22-18(24)11-10-16-15-8-3-4-9-17(15)20(25)23(2)19(16)13-6-5-7-14(21)12-13/h3-9,12H,10-11H2,1-2H3,(H,22,24). The molecule has 1 N–H and O–H groups in total. The van der Waals surface area contributed by atoms with Crippen molar-refractivity contribution in [3.8, 4) is 11.3 Å². The van der Waals surface area contributed by atoms with Crippen LogP contribution in [0.5, 0.6) is 0 Å². The molecule has 4 nitrogen and oxygen atoms in total. The molecule has 0 bridgehead atoms. The Morgan fingerprint density at radius 2 is 1.84 bits per heavy atom. The van der Waals surface area contributed by atoms with E-state index >= 15 is 0 Å². The van der Waals surface area contributed by atoms with Crippen LogP contribution in [0.3, 0.4) is 0 Å². The molecule has 1 amide bonds. The summed E-state index contributed by atoms with van der Waals surface area (Å²) in [6.45, 7) is 0. The highest BCUT2D eigenvalue weighted by Gasteiger charge is 2.17. The number of pyridine rings is 1. The lowest BCUT2D eigenvalue weighted by molar-refractivity contribution is -0.120. The molecule has 1 aromatic heterocycles. The highest BCUT2D eigenvalue weighted by Crippen LogP contribution is 2.30. The van der Waals surface area contributed by atoms with E-state index in [4.69, 9.17) is 11.6 Å². The Morgan fingerprint density at radius 1 is 1.12 bits per heavy atom. The second-order valence-electron chi connectivity index (χ2n) is 5.92. The summed E-state index contributed by atoms with van der Waals surface area (Å²) >= 11 is 6.16. The average molecular weight is 355 g/mol. The van der Waals surface area contributed by atoms with Gasteiger partial charge < -0.3 is 9.88 Å². The van der Waals surface area contributed by atoms with Crippen molar-refractivity contribution in [1.29, 1.82) is 0 Å². The fraction of sp³-hybridized carbons (Fsp3) is 0.200. The molecule has 128 valence electrons. The highest BCUT2D eigenvalue weighted by molar-refractivity contribution is 6.30. The van der Waals surface area contributed by atoms with Crippen molar-refractivity contribution in [2.45, 2.75) is 12.8 Å². The molecule has 0 atom stereocenters. The molecule has 3 rings (SSSR count). The molecule has 0 unspecified atom stereocenters. The Balaban J connectivity index is 2.31. The molecule has 0 radical (unpaired) electrons. The lowest BCUT2D eigenvalue weighted by Crippen LogP contribution is -2.22. The Kier molecular flexibility index (Phi) is 4.91. The highest BCUT2D eigenvalue weighted by atomic mass is 35.5. The number of benzene rings is 2. The molecule has 3 aromatic rings. The molecule has 0 spiro atoms. The predicted molar refractivity (Wildman–Crippen MR) is 102 cm³/mol. The third-order valence-electron chi connectivity index (χ3n) is 4.39. The first-order valence-corrected chi connectivity index (χ1v) is 8.48. The van der Waals surface area contributed by atoms with Gasteiger partial charge in [0, 0.05) is 30.9 Å². The molecule has 0 saturated carbocycles. The number of nitrogens with zero attached hydrogens (tertiary/aromatic N) is 1. The summed E-state index contributed by atoms with van der Waals surface area (Å²) in [7, 11) is 3.38. The van der Waals surface area contributed by atoms with Gasteiger partial charge in [-0.1, -0.05) is 41.9 Å². The van der Waals surface area contributed by atoms with Gasteiger partial charge in [0.25, 0.3) is 5.56 Å². The fourth-order valence-corrected chi connectivity index (χ4v) is 3.36. The van der Waals surface area contributed by atoms with Gasteiger partial charge in [-0.15, -0.1) is 0 Å². The maximum atomic E-state index is 12.8. The van der Waals surface area contributed by atoms with Gasteiger partial charge in [-0.3, -0.25) is 9.59 Å². The van der Waals surface area contributed by atoms with Gasteiger partial charge in [0.2, 0.25) is 5.91 Å². The molecule has 0 aliphatic carbocycles. The lowest BCUT2D eigenvalue weighted by atomic mass is 9.95. The Bertz CT molecular complexity index is 1010. The topological polar surface area (TPSA) is 51.1 Å². The van der Waals surface area contributed by atoms with Gasteiger partial charge in [0.05, 0.1) is 5.69 Å². The molecule has 25 heavy (non-hydrogen) atoms. The number of aryl methyl sites for hydroxylation is 1. The largest absolute Gasteiger partial charge is 0.359 e. The third kappa shape index (κ3) is 3.30. The number of carbonyl (C=O) groups excluding carboxylic acids is 1. The van der Waals surface area contributed by atoms with E-state index in [0.29, 0.717) is 23.3 Å². The first-order chi connectivity index (χ1) is 12.0. The fourth-order valence-electron chi connectivity index (χ4n) is 3.17. The van der Waals surface area contributed by atoms with Crippen LogP contribution in [0.25, 0.3) is 22.0 Å². The second-order valence-corrected chi connectivity index (χ2v) is 6.36. The van der Waals surface area contributed by atoms with Crippen molar-refractivity contribution < 1.29 is 4.79 Å². The quantitative estimate of drug-likeness (QED) is 0.779. The summed E-state index contributed by atoms with van der Waals surface area (Å²) in [5.74, 6) is -0.0324. The van der Waals surface area contributed by atoms with Crippen molar-refractivity contribution in [2.75, 3.05) is 7.05 Å². The van der Waals surface area contributed by atoms with Gasteiger partial charge in [-0.25, -0.2) is 0 Å². The first-order valence-electron chi connectivity index (χ1n) is 8.10. The van der Waals surface area contributed by atoms with E-state index in [9.17, 15) is 9.59 Å². The van der Waals surface area contributed by atoms with Gasteiger partial charge in [0.15, 0.2) is 0 Å². The van der Waals surface area contributed by atoms with E-state index in [1.165, 1.54) is 0 Å². The number of halogens is 1. The van der Waals surface area contributed by atoms with Crippen LogP contribution >= 0.6 is 11.6 Å². The normalized spacial score (nSPS) is 10.8. The Hall–Kier alpha value is -2.59. The maximum absolute atomic E-state index is 12.8. The van der Waals surface area contributed by atoms with Crippen molar-refractivity contribution >= 4 is 28.3 Å². The van der Waals surface area contributed by atoms with Gasteiger partial charge >= 0.3 is 0 Å². The van der Waals surface area contributed by atoms with Crippen molar-refractivity contribution in [2.24, 2.45) is 7.05 Å². The summed E-state index contributed by atoms with van der Waals surface area (Å²) in [6.07, 6.45) is 0.891. The van der Waals surface area contributed by atoms with E-state index in [0.717, 1.165) is 22.2 Å². The van der Waals surface area contributed by atoms with Crippen LogP contribution < -0.4 is 10.9 Å². The van der Waals surface area contributed by atoms with E-state index < -0.39 is 0 Å². The zero-order valence-corrected chi connectivity index (χ0v) is 14.9. The summed E-state index contributed by atoms with van der Waals surface area (Å²) in [5.41, 5.74) is 2.58. The van der Waals surface area contributed by atoms with E-state index in [1.807, 2.05) is 42.5 Å². The summed E-state index contributed by atoms with van der Waals surface area (Å²) in [4.78, 5) is 24.6. The average Bonchev–Trinajstić information content (AvgIpc) is 2.63. The monoisotopic (exact) mass is 354 g/mol. The molecule has 5 heteroatoms. The lowest BCUT2D eigenvalue weighted by Gasteiger charge is -2.17. The minimum Gasteiger partial charge on any atom is -0.359 e. The number of nitrogens with one attached hydrogen (secondary N) is 1. The van der Waals surface area contributed by atoms with Crippen molar-refractivity contribution in [3.05, 3.63) is 69.5 Å². The molecule has 0 aliphatic rings. The smallest absolute Gasteiger partial charge is 0.258 e. The van der Waals surface area contributed by atoms with Crippen molar-refractivity contribution in [1.82, 2.24) is 9.88 Å². The molecular weight excluding hydrogens is 336 g/mol. The molecule has 2 aromatic carbocycles. The van der Waals surface area contributed by atoms with Crippen LogP contribution in [0.1, 0.15) is 12.0 Å². The number of aromatic nitrogens is 1. The van der Waals surface area contributed by atoms with Gasteiger partial charge in [-0.05, 0) is 41.1 Å². The maximum Gasteiger partial charge on any atom is 0.258 e. The number of carbonyl (C=O) groups is 1. The minimum absolute atomic E-state index is 0.0324. The molecule has 0 fully saturated rings. The van der Waals surface area contributed by atoms with Crippen LogP contribution in [0, 0.1) is 0 Å². The number of fused-ring (bicyclic) bond motifs is 1. The summed E-state index contributed by atoms with van der Waals surface area (Å²) < 4.78 is 1.65. The number of hydrogen-bond acceptors (Lipinski definition) is 2. The number of hydrogen-bond donors (Lipinski definition) is 1. The third-order valence-corrected chi connectivity index (χ3v) is 4.62. The minimum atomic E-state index is -0.0609. The Morgan fingerprint density at radius 3 is 2.52 bits per heavy atom. The first kappa shape index (κ1) is 17.2. The zero-order chi connectivity index (χ0) is 18.0. The van der Waals surface area contributed by atoms with Crippen LogP contribution in [-0.2, 0) is 18.3 Å². The summed E-state index contributed by atoms with van der Waals surface area (Å²) in [5, 5.41) is 4.79. The number of rotatable bonds is 4. The molecule has 1 heterocycles. The van der Waals surface area contributed by atoms with Gasteiger partial charge in [-0.2, -0.15) is 0 Å². The predicted octanol–water partition coefficient (Wildman–Crippen LogP) is 3.54. The van der Waals surface area contributed by atoms with Crippen LogP contribution in [-0.4, -0.2) is 17.5 Å². The zero-order valence-electron chi connectivity index (χ0n) is 14.2. The molecule has 0 aliphatic heterocycles. The van der Waals surface area contributed by atoms with E-state index in [-0.39, 0.29) is 11.5 Å². The van der Waals surface area contributed by atoms with E-state index in [2.05, 4.69) is 5.32 Å². The Labute approximate surface area is 151 Å². The van der Waals surface area contributed by atoms with Crippen LogP contribution in [0.2, 0.25) is 5.02 Å².